The maximum Gasteiger partial charge on any atom is 0.239 e. The Hall–Kier alpha value is -3.01. The van der Waals surface area contributed by atoms with Crippen molar-refractivity contribution in [2.45, 2.75) is 20.0 Å². The second kappa shape index (κ2) is 8.20. The van der Waals surface area contributed by atoms with Crippen molar-refractivity contribution in [3.8, 4) is 0 Å². The third-order valence-corrected chi connectivity index (χ3v) is 3.99. The molecular weight excluding hydrogens is 312 g/mol. The average Bonchev–Trinajstić information content (AvgIpc) is 3.15. The molecule has 0 radical (unpaired) electrons. The molecule has 0 unspecified atom stereocenters. The zero-order valence-corrected chi connectivity index (χ0v) is 14.3. The van der Waals surface area contributed by atoms with E-state index in [0.717, 1.165) is 11.4 Å². The molecule has 1 amide bonds. The Morgan fingerprint density at radius 1 is 1.00 bits per heavy atom. The van der Waals surface area contributed by atoms with E-state index >= 15 is 0 Å². The van der Waals surface area contributed by atoms with Gasteiger partial charge in [0.2, 0.25) is 5.91 Å². The van der Waals surface area contributed by atoms with E-state index in [0.29, 0.717) is 19.6 Å². The number of furan rings is 1. The van der Waals surface area contributed by atoms with Crippen molar-refractivity contribution >= 4 is 11.6 Å². The van der Waals surface area contributed by atoms with Gasteiger partial charge in [-0.05, 0) is 36.8 Å². The highest BCUT2D eigenvalue weighted by Crippen LogP contribution is 2.18. The number of amides is 1. The Morgan fingerprint density at radius 3 is 2.44 bits per heavy atom. The van der Waals surface area contributed by atoms with Crippen molar-refractivity contribution in [3.05, 3.63) is 89.9 Å². The van der Waals surface area contributed by atoms with E-state index in [1.54, 1.807) is 6.26 Å². The van der Waals surface area contributed by atoms with Crippen molar-refractivity contribution in [2.75, 3.05) is 11.4 Å². The Labute approximate surface area is 148 Å². The number of benzene rings is 2. The van der Waals surface area contributed by atoms with Crippen LogP contribution in [-0.2, 0) is 17.9 Å². The monoisotopic (exact) mass is 334 g/mol. The quantitative estimate of drug-likeness (QED) is 0.712. The molecular formula is C21H22N2O2. The summed E-state index contributed by atoms with van der Waals surface area (Å²) in [6, 6.07) is 22.1. The molecule has 128 valence electrons. The molecule has 1 N–H and O–H groups in total. The molecule has 0 saturated heterocycles. The number of nitrogens with zero attached hydrogens (tertiary/aromatic N) is 1. The van der Waals surface area contributed by atoms with E-state index in [1.807, 2.05) is 30.3 Å². The summed E-state index contributed by atoms with van der Waals surface area (Å²) in [7, 11) is 0. The Kier molecular flexibility index (Phi) is 5.52. The Morgan fingerprint density at radius 2 is 1.76 bits per heavy atom. The number of hydrogen-bond donors (Lipinski definition) is 1. The fraction of sp³-hybridized carbons (Fsp3) is 0.190. The molecule has 0 spiro atoms. The van der Waals surface area contributed by atoms with Crippen molar-refractivity contribution in [3.63, 3.8) is 0 Å². The van der Waals surface area contributed by atoms with Gasteiger partial charge in [-0.3, -0.25) is 4.79 Å². The zero-order valence-electron chi connectivity index (χ0n) is 14.3. The van der Waals surface area contributed by atoms with Gasteiger partial charge < -0.3 is 14.6 Å². The number of nitrogens with one attached hydrogen (secondary N) is 1. The minimum absolute atomic E-state index is 0.0343. The van der Waals surface area contributed by atoms with Crippen LogP contribution in [0.25, 0.3) is 0 Å². The lowest BCUT2D eigenvalue weighted by Crippen LogP contribution is -2.36. The molecule has 0 aliphatic heterocycles. The molecule has 25 heavy (non-hydrogen) atoms. The molecule has 0 atom stereocenters. The number of rotatable bonds is 7. The molecule has 0 aliphatic rings. The fourth-order valence-corrected chi connectivity index (χ4v) is 2.63. The van der Waals surface area contributed by atoms with Gasteiger partial charge >= 0.3 is 0 Å². The molecule has 0 fully saturated rings. The van der Waals surface area contributed by atoms with Crippen LogP contribution in [0.3, 0.4) is 0 Å². The van der Waals surface area contributed by atoms with Crippen LogP contribution < -0.4 is 10.2 Å². The van der Waals surface area contributed by atoms with Gasteiger partial charge in [0.05, 0.1) is 19.4 Å². The molecule has 4 nitrogen and oxygen atoms in total. The van der Waals surface area contributed by atoms with Gasteiger partial charge in [-0.25, -0.2) is 0 Å². The second-order valence-corrected chi connectivity index (χ2v) is 6.03. The number of hydrogen-bond acceptors (Lipinski definition) is 3. The smallest absolute Gasteiger partial charge is 0.239 e. The first-order valence-corrected chi connectivity index (χ1v) is 8.35. The number of carbonyl (C=O) groups excluding carboxylic acids is 1. The number of anilines is 1. The predicted octanol–water partition coefficient (Wildman–Crippen LogP) is 3.91. The molecule has 3 aromatic rings. The first kappa shape index (κ1) is 16.8. The minimum atomic E-state index is -0.0343. The highest BCUT2D eigenvalue weighted by Gasteiger charge is 2.12. The minimum Gasteiger partial charge on any atom is -0.467 e. The van der Waals surface area contributed by atoms with Gasteiger partial charge in [-0.1, -0.05) is 48.0 Å². The maximum atomic E-state index is 12.4. The van der Waals surface area contributed by atoms with E-state index in [4.69, 9.17) is 4.42 Å². The van der Waals surface area contributed by atoms with Gasteiger partial charge in [0.25, 0.3) is 0 Å². The van der Waals surface area contributed by atoms with Crippen LogP contribution in [-0.4, -0.2) is 12.5 Å². The van der Waals surface area contributed by atoms with Gasteiger partial charge in [0, 0.05) is 12.2 Å². The third-order valence-electron chi connectivity index (χ3n) is 3.99. The van der Waals surface area contributed by atoms with Crippen LogP contribution in [0.2, 0.25) is 0 Å². The van der Waals surface area contributed by atoms with Crippen LogP contribution in [0, 0.1) is 6.92 Å². The van der Waals surface area contributed by atoms with E-state index in [9.17, 15) is 4.79 Å². The molecule has 0 saturated carbocycles. The van der Waals surface area contributed by atoms with Gasteiger partial charge in [-0.15, -0.1) is 0 Å². The summed E-state index contributed by atoms with van der Waals surface area (Å²) in [4.78, 5) is 14.5. The van der Waals surface area contributed by atoms with E-state index < -0.39 is 0 Å². The van der Waals surface area contributed by atoms with Crippen LogP contribution in [0.15, 0.2) is 77.4 Å². The highest BCUT2D eigenvalue weighted by molar-refractivity contribution is 5.81. The van der Waals surface area contributed by atoms with Crippen LogP contribution >= 0.6 is 0 Å². The first-order valence-electron chi connectivity index (χ1n) is 8.35. The van der Waals surface area contributed by atoms with Crippen LogP contribution in [0.4, 0.5) is 5.69 Å². The average molecular weight is 334 g/mol. The van der Waals surface area contributed by atoms with Gasteiger partial charge in [-0.2, -0.15) is 0 Å². The number of carbonyl (C=O) groups is 1. The lowest BCUT2D eigenvalue weighted by molar-refractivity contribution is -0.120. The molecule has 4 heteroatoms. The standard InChI is InChI=1S/C21H22N2O2/c1-17-9-11-19(12-10-17)23(15-18-6-3-2-4-7-18)16-21(24)22-14-20-8-5-13-25-20/h2-13H,14-16H2,1H3,(H,22,24). The molecule has 1 heterocycles. The summed E-state index contributed by atoms with van der Waals surface area (Å²) >= 11 is 0. The van der Waals surface area contributed by atoms with Crippen molar-refractivity contribution in [1.82, 2.24) is 5.32 Å². The van der Waals surface area contributed by atoms with E-state index in [1.165, 1.54) is 11.1 Å². The van der Waals surface area contributed by atoms with Crippen LogP contribution in [0.5, 0.6) is 0 Å². The largest absolute Gasteiger partial charge is 0.467 e. The predicted molar refractivity (Wildman–Crippen MR) is 99.2 cm³/mol. The SMILES string of the molecule is Cc1ccc(N(CC(=O)NCc2ccco2)Cc2ccccc2)cc1. The van der Waals surface area contributed by atoms with E-state index in [-0.39, 0.29) is 5.91 Å². The highest BCUT2D eigenvalue weighted by atomic mass is 16.3. The number of aryl methyl sites for hydroxylation is 1. The summed E-state index contributed by atoms with van der Waals surface area (Å²) in [5.74, 6) is 0.714. The third kappa shape index (κ3) is 4.98. The second-order valence-electron chi connectivity index (χ2n) is 6.03. The van der Waals surface area contributed by atoms with Crippen molar-refractivity contribution in [2.24, 2.45) is 0 Å². The van der Waals surface area contributed by atoms with Crippen molar-refractivity contribution < 1.29 is 9.21 Å². The molecule has 0 aliphatic carbocycles. The van der Waals surface area contributed by atoms with Crippen LogP contribution in [0.1, 0.15) is 16.9 Å². The Balaban J connectivity index is 1.69. The fourth-order valence-electron chi connectivity index (χ4n) is 2.63. The lowest BCUT2D eigenvalue weighted by Gasteiger charge is -2.24. The van der Waals surface area contributed by atoms with Crippen molar-refractivity contribution in [1.29, 1.82) is 0 Å². The summed E-state index contributed by atoms with van der Waals surface area (Å²) in [6.07, 6.45) is 1.61. The summed E-state index contributed by atoms with van der Waals surface area (Å²) in [6.45, 7) is 3.43. The normalized spacial score (nSPS) is 10.4. The summed E-state index contributed by atoms with van der Waals surface area (Å²) in [5, 5.41) is 2.91. The lowest BCUT2D eigenvalue weighted by atomic mass is 10.1. The molecule has 3 rings (SSSR count). The Bertz CT molecular complexity index is 781. The summed E-state index contributed by atoms with van der Waals surface area (Å²) < 4.78 is 5.25. The maximum absolute atomic E-state index is 12.4. The van der Waals surface area contributed by atoms with Gasteiger partial charge in [0.15, 0.2) is 0 Å². The topological polar surface area (TPSA) is 45.5 Å². The molecule has 0 bridgehead atoms. The van der Waals surface area contributed by atoms with Gasteiger partial charge in [0.1, 0.15) is 5.76 Å². The summed E-state index contributed by atoms with van der Waals surface area (Å²) in [5.41, 5.74) is 3.40. The molecule has 2 aromatic carbocycles. The zero-order chi connectivity index (χ0) is 17.5. The van der Waals surface area contributed by atoms with E-state index in [2.05, 4.69) is 53.5 Å². The molecule has 1 aromatic heterocycles. The first-order chi connectivity index (χ1) is 12.2.